The molecule has 4 heteroatoms. The average molecular weight is 195 g/mol. The van der Waals surface area contributed by atoms with Crippen molar-refractivity contribution in [2.24, 2.45) is 0 Å². The molecule has 0 unspecified atom stereocenters. The van der Waals surface area contributed by atoms with Crippen molar-refractivity contribution in [1.29, 1.82) is 0 Å². The second-order valence-electron chi connectivity index (χ2n) is 2.37. The first kappa shape index (κ1) is 9.80. The maximum atomic E-state index is 10.0. The number of hydrogen-bond acceptors (Lipinski definition) is 3. The minimum Gasteiger partial charge on any atom is -0.259 e. The molecule has 1 aromatic rings. The molecule has 0 radical (unpaired) electrons. The van der Waals surface area contributed by atoms with Gasteiger partial charge < -0.3 is 0 Å². The van der Waals surface area contributed by atoms with Crippen LogP contribution in [0.4, 0.5) is 0 Å². The first-order chi connectivity index (χ1) is 6.22. The first-order valence-corrected chi connectivity index (χ1v) is 4.90. The molecular weight excluding hydrogens is 186 g/mol. The van der Waals surface area contributed by atoms with E-state index >= 15 is 0 Å². The van der Waals surface area contributed by atoms with E-state index < -0.39 is 4.92 Å². The van der Waals surface area contributed by atoms with Crippen molar-refractivity contribution in [2.45, 2.75) is 4.90 Å². The van der Waals surface area contributed by atoms with Crippen LogP contribution in [0.25, 0.3) is 6.08 Å². The van der Waals surface area contributed by atoms with Crippen molar-refractivity contribution in [3.8, 4) is 0 Å². The van der Waals surface area contributed by atoms with Crippen molar-refractivity contribution in [2.75, 3.05) is 6.26 Å². The number of nitrogens with zero attached hydrogens (tertiary/aromatic N) is 1. The lowest BCUT2D eigenvalue weighted by Crippen LogP contribution is -1.82. The Hall–Kier alpha value is -1.29. The standard InChI is InChI=1S/C9H9NO2S/c1-13-9-4-2-8(3-5-9)6-7-10(11)12/h2-7H,1H3/b7-6+. The molecular formula is C9H9NO2S. The van der Waals surface area contributed by atoms with E-state index in [9.17, 15) is 10.1 Å². The molecule has 0 atom stereocenters. The van der Waals surface area contributed by atoms with Crippen LogP contribution in [0, 0.1) is 10.1 Å². The average Bonchev–Trinajstić information content (AvgIpc) is 2.15. The molecule has 0 aromatic heterocycles. The van der Waals surface area contributed by atoms with E-state index in [4.69, 9.17) is 0 Å². The highest BCUT2D eigenvalue weighted by atomic mass is 32.2. The fourth-order valence-corrected chi connectivity index (χ4v) is 1.27. The molecule has 0 saturated carbocycles. The van der Waals surface area contributed by atoms with Gasteiger partial charge in [-0.3, -0.25) is 10.1 Å². The largest absolute Gasteiger partial charge is 0.259 e. The Morgan fingerprint density at radius 2 is 2.00 bits per heavy atom. The third kappa shape index (κ3) is 3.29. The number of benzene rings is 1. The van der Waals surface area contributed by atoms with E-state index in [-0.39, 0.29) is 0 Å². The van der Waals surface area contributed by atoms with E-state index in [2.05, 4.69) is 0 Å². The number of thioether (sulfide) groups is 1. The van der Waals surface area contributed by atoms with Gasteiger partial charge in [-0.2, -0.15) is 0 Å². The molecule has 0 saturated heterocycles. The summed E-state index contributed by atoms with van der Waals surface area (Å²) in [6.45, 7) is 0. The second-order valence-corrected chi connectivity index (χ2v) is 3.25. The zero-order valence-corrected chi connectivity index (χ0v) is 7.95. The summed E-state index contributed by atoms with van der Waals surface area (Å²) in [5.41, 5.74) is 0.842. The van der Waals surface area contributed by atoms with Crippen LogP contribution in [-0.2, 0) is 0 Å². The lowest BCUT2D eigenvalue weighted by Gasteiger charge is -1.95. The van der Waals surface area contributed by atoms with Gasteiger partial charge in [0, 0.05) is 11.0 Å². The fraction of sp³-hybridized carbons (Fsp3) is 0.111. The first-order valence-electron chi connectivity index (χ1n) is 3.68. The SMILES string of the molecule is CSc1ccc(/C=C/[N+](=O)[O-])cc1. The molecule has 0 spiro atoms. The van der Waals surface area contributed by atoms with Gasteiger partial charge in [0.1, 0.15) is 0 Å². The molecule has 13 heavy (non-hydrogen) atoms. The smallest absolute Gasteiger partial charge is 0.235 e. The van der Waals surface area contributed by atoms with Gasteiger partial charge in [-0.1, -0.05) is 12.1 Å². The van der Waals surface area contributed by atoms with Gasteiger partial charge in [0.15, 0.2) is 0 Å². The van der Waals surface area contributed by atoms with Gasteiger partial charge >= 0.3 is 0 Å². The summed E-state index contributed by atoms with van der Waals surface area (Å²) in [5.74, 6) is 0. The van der Waals surface area contributed by atoms with Crippen LogP contribution in [0.2, 0.25) is 0 Å². The normalized spacial score (nSPS) is 10.5. The molecule has 0 fully saturated rings. The van der Waals surface area contributed by atoms with E-state index in [0.717, 1.165) is 16.7 Å². The van der Waals surface area contributed by atoms with Crippen LogP contribution < -0.4 is 0 Å². The Morgan fingerprint density at radius 1 is 1.38 bits per heavy atom. The summed E-state index contributed by atoms with van der Waals surface area (Å²) in [6.07, 6.45) is 4.40. The van der Waals surface area contributed by atoms with Crippen molar-refractivity contribution in [3.05, 3.63) is 46.1 Å². The Labute approximate surface area is 80.6 Å². The Morgan fingerprint density at radius 3 is 2.46 bits per heavy atom. The van der Waals surface area contributed by atoms with Crippen LogP contribution in [0.15, 0.2) is 35.4 Å². The molecule has 0 heterocycles. The third-order valence-electron chi connectivity index (χ3n) is 1.50. The zero-order valence-electron chi connectivity index (χ0n) is 7.14. The summed E-state index contributed by atoms with van der Waals surface area (Å²) in [6, 6.07) is 7.58. The number of nitro groups is 1. The molecule has 0 aliphatic carbocycles. The molecule has 0 N–H and O–H groups in total. The predicted octanol–water partition coefficient (Wildman–Crippen LogP) is 2.66. The van der Waals surface area contributed by atoms with Gasteiger partial charge in [0.25, 0.3) is 0 Å². The zero-order chi connectivity index (χ0) is 9.68. The van der Waals surface area contributed by atoms with Gasteiger partial charge in [-0.15, -0.1) is 11.8 Å². The van der Waals surface area contributed by atoms with E-state index in [1.807, 2.05) is 30.5 Å². The minimum absolute atomic E-state index is 0.470. The second kappa shape index (κ2) is 4.67. The van der Waals surface area contributed by atoms with E-state index in [0.29, 0.717) is 0 Å². The molecule has 3 nitrogen and oxygen atoms in total. The van der Waals surface area contributed by atoms with Gasteiger partial charge in [0.2, 0.25) is 6.20 Å². The van der Waals surface area contributed by atoms with E-state index in [1.54, 1.807) is 11.8 Å². The molecule has 0 aliphatic heterocycles. The molecule has 1 rings (SSSR count). The van der Waals surface area contributed by atoms with Crippen molar-refractivity contribution < 1.29 is 4.92 Å². The maximum absolute atomic E-state index is 10.0. The summed E-state index contributed by atoms with van der Waals surface area (Å²) in [4.78, 5) is 10.7. The monoisotopic (exact) mass is 195 g/mol. The Kier molecular flexibility index (Phi) is 3.52. The molecule has 0 amide bonds. The van der Waals surface area contributed by atoms with Crippen molar-refractivity contribution in [1.82, 2.24) is 0 Å². The predicted molar refractivity (Wildman–Crippen MR) is 54.3 cm³/mol. The highest BCUT2D eigenvalue weighted by molar-refractivity contribution is 7.98. The highest BCUT2D eigenvalue weighted by Gasteiger charge is 1.91. The van der Waals surface area contributed by atoms with Crippen LogP contribution in [0.3, 0.4) is 0 Å². The van der Waals surface area contributed by atoms with Gasteiger partial charge in [0.05, 0.1) is 4.92 Å². The Balaban J connectivity index is 2.75. The maximum Gasteiger partial charge on any atom is 0.235 e. The number of hydrogen-bond donors (Lipinski definition) is 0. The summed E-state index contributed by atoms with van der Waals surface area (Å²) >= 11 is 1.64. The summed E-state index contributed by atoms with van der Waals surface area (Å²) < 4.78 is 0. The van der Waals surface area contributed by atoms with Crippen LogP contribution in [-0.4, -0.2) is 11.2 Å². The van der Waals surface area contributed by atoms with Crippen molar-refractivity contribution >= 4 is 17.8 Å². The molecule has 68 valence electrons. The van der Waals surface area contributed by atoms with Crippen LogP contribution >= 0.6 is 11.8 Å². The van der Waals surface area contributed by atoms with Crippen LogP contribution in [0.1, 0.15) is 5.56 Å². The van der Waals surface area contributed by atoms with Gasteiger partial charge in [-0.25, -0.2) is 0 Å². The lowest BCUT2D eigenvalue weighted by molar-refractivity contribution is -0.400. The topological polar surface area (TPSA) is 43.1 Å². The molecule has 1 aromatic carbocycles. The fourth-order valence-electron chi connectivity index (χ4n) is 0.862. The van der Waals surface area contributed by atoms with E-state index in [1.165, 1.54) is 6.08 Å². The molecule has 0 bridgehead atoms. The van der Waals surface area contributed by atoms with Crippen molar-refractivity contribution in [3.63, 3.8) is 0 Å². The lowest BCUT2D eigenvalue weighted by atomic mass is 10.2. The molecule has 0 aliphatic rings. The number of rotatable bonds is 3. The third-order valence-corrected chi connectivity index (χ3v) is 2.25. The Bertz CT molecular complexity index is 319. The highest BCUT2D eigenvalue weighted by Crippen LogP contribution is 2.15. The quantitative estimate of drug-likeness (QED) is 0.423. The van der Waals surface area contributed by atoms with Crippen LogP contribution in [0.5, 0.6) is 0 Å². The van der Waals surface area contributed by atoms with Gasteiger partial charge in [-0.05, 0) is 24.0 Å². The summed E-state index contributed by atoms with van der Waals surface area (Å²) in [7, 11) is 0. The minimum atomic E-state index is -0.470. The summed E-state index contributed by atoms with van der Waals surface area (Å²) in [5, 5.41) is 10.0.